The van der Waals surface area contributed by atoms with Crippen LogP contribution in [-0.4, -0.2) is 16.9 Å². The van der Waals surface area contributed by atoms with Gasteiger partial charge in [0.1, 0.15) is 5.69 Å². The van der Waals surface area contributed by atoms with Crippen LogP contribution >= 0.6 is 0 Å². The van der Waals surface area contributed by atoms with E-state index in [9.17, 15) is 14.9 Å². The van der Waals surface area contributed by atoms with Crippen molar-refractivity contribution in [2.75, 3.05) is 5.73 Å². The second kappa shape index (κ2) is 5.90. The number of nitrogens with two attached hydrogens (primary N) is 1. The molecule has 3 N–H and O–H groups in total. The smallest absolute Gasteiger partial charge is 0.292 e. The minimum Gasteiger partial charge on any atom is -0.393 e. The number of nitrogen functional groups attached to an aromatic ring is 1. The number of carbonyl (C=O) groups excluding carboxylic acids is 1. The average molecular weight is 277 g/mol. The van der Waals surface area contributed by atoms with E-state index >= 15 is 0 Å². The Morgan fingerprint density at radius 1 is 1.45 bits per heavy atom. The Balaban J connectivity index is 2.05. The normalized spacial score (nSPS) is 22.2. The maximum Gasteiger partial charge on any atom is 0.292 e. The number of hydrogen-bond acceptors (Lipinski definition) is 4. The molecule has 108 valence electrons. The highest BCUT2D eigenvalue weighted by molar-refractivity contribution is 5.95. The maximum atomic E-state index is 12.1. The molecule has 1 aliphatic carbocycles. The standard InChI is InChI=1S/C14H19N3O3/c1-9-3-2-4-11(7-9)16-14(18)10-5-6-13(17(19)20)12(15)8-10/h5-6,8-9,11H,2-4,7,15H2,1H3,(H,16,18). The summed E-state index contributed by atoms with van der Waals surface area (Å²) in [7, 11) is 0. The number of anilines is 1. The molecule has 0 spiro atoms. The molecule has 6 heteroatoms. The Morgan fingerprint density at radius 2 is 2.20 bits per heavy atom. The third kappa shape index (κ3) is 3.26. The third-order valence-corrected chi connectivity index (χ3v) is 3.76. The number of nitrogens with one attached hydrogen (secondary N) is 1. The lowest BCUT2D eigenvalue weighted by Crippen LogP contribution is -2.38. The monoisotopic (exact) mass is 277 g/mol. The van der Waals surface area contributed by atoms with Crippen LogP contribution < -0.4 is 11.1 Å². The van der Waals surface area contributed by atoms with Crippen molar-refractivity contribution in [1.29, 1.82) is 0 Å². The molecular weight excluding hydrogens is 258 g/mol. The second-order valence-electron chi connectivity index (χ2n) is 5.47. The highest BCUT2D eigenvalue weighted by Gasteiger charge is 2.21. The predicted octanol–water partition coefficient (Wildman–Crippen LogP) is 2.49. The van der Waals surface area contributed by atoms with Crippen molar-refractivity contribution in [3.05, 3.63) is 33.9 Å². The van der Waals surface area contributed by atoms with Crippen LogP contribution in [0.15, 0.2) is 18.2 Å². The van der Waals surface area contributed by atoms with Gasteiger partial charge in [0.25, 0.3) is 11.6 Å². The second-order valence-corrected chi connectivity index (χ2v) is 5.47. The summed E-state index contributed by atoms with van der Waals surface area (Å²) in [5, 5.41) is 13.7. The van der Waals surface area contributed by atoms with Gasteiger partial charge >= 0.3 is 0 Å². The fraction of sp³-hybridized carbons (Fsp3) is 0.500. The first-order valence-electron chi connectivity index (χ1n) is 6.82. The number of nitro benzene ring substituents is 1. The van der Waals surface area contributed by atoms with E-state index in [0.29, 0.717) is 11.5 Å². The van der Waals surface area contributed by atoms with Crippen molar-refractivity contribution in [3.63, 3.8) is 0 Å². The van der Waals surface area contributed by atoms with Crippen LogP contribution in [-0.2, 0) is 0 Å². The van der Waals surface area contributed by atoms with Gasteiger partial charge in [-0.1, -0.05) is 19.8 Å². The molecule has 6 nitrogen and oxygen atoms in total. The van der Waals surface area contributed by atoms with Gasteiger partial charge in [-0.25, -0.2) is 0 Å². The first-order chi connectivity index (χ1) is 9.47. The van der Waals surface area contributed by atoms with Crippen LogP contribution in [0.1, 0.15) is 43.0 Å². The quantitative estimate of drug-likeness (QED) is 0.503. The number of amides is 1. The number of nitro groups is 1. The first kappa shape index (κ1) is 14.3. The topological polar surface area (TPSA) is 98.3 Å². The van der Waals surface area contributed by atoms with E-state index in [1.807, 2.05) is 0 Å². The lowest BCUT2D eigenvalue weighted by molar-refractivity contribution is -0.383. The zero-order valence-corrected chi connectivity index (χ0v) is 11.5. The van der Waals surface area contributed by atoms with E-state index in [-0.39, 0.29) is 23.3 Å². The minimum atomic E-state index is -0.556. The van der Waals surface area contributed by atoms with Crippen LogP contribution in [0, 0.1) is 16.0 Å². The average Bonchev–Trinajstić information content (AvgIpc) is 2.38. The van der Waals surface area contributed by atoms with Crippen molar-refractivity contribution in [1.82, 2.24) is 5.32 Å². The Morgan fingerprint density at radius 3 is 2.80 bits per heavy atom. The first-order valence-corrected chi connectivity index (χ1v) is 6.82. The fourth-order valence-corrected chi connectivity index (χ4v) is 2.70. The van der Waals surface area contributed by atoms with Gasteiger partial charge in [-0.3, -0.25) is 14.9 Å². The van der Waals surface area contributed by atoms with Crippen molar-refractivity contribution in [2.24, 2.45) is 5.92 Å². The van der Waals surface area contributed by atoms with E-state index in [1.165, 1.54) is 24.6 Å². The molecule has 1 aliphatic rings. The van der Waals surface area contributed by atoms with Crippen LogP contribution in [0.2, 0.25) is 0 Å². The predicted molar refractivity (Wildman–Crippen MR) is 76.4 cm³/mol. The molecule has 0 radical (unpaired) electrons. The molecule has 0 aliphatic heterocycles. The molecule has 1 fully saturated rings. The summed E-state index contributed by atoms with van der Waals surface area (Å²) in [4.78, 5) is 22.2. The summed E-state index contributed by atoms with van der Waals surface area (Å²) >= 11 is 0. The van der Waals surface area contributed by atoms with Crippen LogP contribution in [0.5, 0.6) is 0 Å². The zero-order valence-electron chi connectivity index (χ0n) is 11.5. The van der Waals surface area contributed by atoms with E-state index in [0.717, 1.165) is 19.3 Å². The van der Waals surface area contributed by atoms with Gasteiger partial charge in [-0.2, -0.15) is 0 Å². The van der Waals surface area contributed by atoms with E-state index < -0.39 is 4.92 Å². The Labute approximate surface area is 117 Å². The molecule has 20 heavy (non-hydrogen) atoms. The molecule has 0 saturated heterocycles. The Kier molecular flexibility index (Phi) is 4.22. The van der Waals surface area contributed by atoms with Gasteiger partial charge in [0.2, 0.25) is 0 Å². The van der Waals surface area contributed by atoms with Crippen LogP contribution in [0.25, 0.3) is 0 Å². The highest BCUT2D eigenvalue weighted by Crippen LogP contribution is 2.25. The van der Waals surface area contributed by atoms with Gasteiger partial charge in [-0.15, -0.1) is 0 Å². The molecular formula is C14H19N3O3. The van der Waals surface area contributed by atoms with Crippen molar-refractivity contribution < 1.29 is 9.72 Å². The fourth-order valence-electron chi connectivity index (χ4n) is 2.70. The van der Waals surface area contributed by atoms with E-state index in [1.54, 1.807) is 0 Å². The molecule has 2 rings (SSSR count). The lowest BCUT2D eigenvalue weighted by Gasteiger charge is -2.27. The lowest BCUT2D eigenvalue weighted by atomic mass is 9.87. The van der Waals surface area contributed by atoms with E-state index in [2.05, 4.69) is 12.2 Å². The summed E-state index contributed by atoms with van der Waals surface area (Å²) in [5.41, 5.74) is 5.80. The number of rotatable bonds is 3. The molecule has 1 aromatic carbocycles. The van der Waals surface area contributed by atoms with Gasteiger partial charge in [-0.05, 0) is 30.9 Å². The number of benzene rings is 1. The van der Waals surface area contributed by atoms with Gasteiger partial charge in [0.15, 0.2) is 0 Å². The molecule has 1 saturated carbocycles. The third-order valence-electron chi connectivity index (χ3n) is 3.76. The number of hydrogen-bond donors (Lipinski definition) is 2. The van der Waals surface area contributed by atoms with Crippen molar-refractivity contribution in [3.8, 4) is 0 Å². The highest BCUT2D eigenvalue weighted by atomic mass is 16.6. The largest absolute Gasteiger partial charge is 0.393 e. The summed E-state index contributed by atoms with van der Waals surface area (Å²) in [5.74, 6) is 0.404. The molecule has 0 heterocycles. The van der Waals surface area contributed by atoms with Crippen molar-refractivity contribution >= 4 is 17.3 Å². The van der Waals surface area contributed by atoms with Gasteiger partial charge < -0.3 is 11.1 Å². The van der Waals surface area contributed by atoms with Crippen LogP contribution in [0.4, 0.5) is 11.4 Å². The van der Waals surface area contributed by atoms with Crippen molar-refractivity contribution in [2.45, 2.75) is 38.6 Å². The Hall–Kier alpha value is -2.11. The summed E-state index contributed by atoms with van der Waals surface area (Å²) < 4.78 is 0. The van der Waals surface area contributed by atoms with Crippen LogP contribution in [0.3, 0.4) is 0 Å². The molecule has 0 bridgehead atoms. The van der Waals surface area contributed by atoms with E-state index in [4.69, 9.17) is 5.73 Å². The minimum absolute atomic E-state index is 0.0136. The summed E-state index contributed by atoms with van der Waals surface area (Å²) in [6.45, 7) is 2.18. The summed E-state index contributed by atoms with van der Waals surface area (Å²) in [6.07, 6.45) is 4.29. The Bertz CT molecular complexity index is 530. The van der Waals surface area contributed by atoms with Gasteiger partial charge in [0, 0.05) is 17.7 Å². The number of carbonyl (C=O) groups is 1. The molecule has 2 atom stereocenters. The maximum absolute atomic E-state index is 12.1. The SMILES string of the molecule is CC1CCCC(NC(=O)c2ccc([N+](=O)[O-])c(N)c2)C1. The number of nitrogens with zero attached hydrogens (tertiary/aromatic N) is 1. The molecule has 1 aromatic rings. The molecule has 2 unspecified atom stereocenters. The zero-order chi connectivity index (χ0) is 14.7. The summed E-state index contributed by atoms with van der Waals surface area (Å²) in [6, 6.07) is 4.26. The molecule has 1 amide bonds. The molecule has 0 aromatic heterocycles. The van der Waals surface area contributed by atoms with Gasteiger partial charge in [0.05, 0.1) is 4.92 Å².